The Bertz CT molecular complexity index is 741. The van der Waals surface area contributed by atoms with Gasteiger partial charge < -0.3 is 14.8 Å². The summed E-state index contributed by atoms with van der Waals surface area (Å²) in [6.45, 7) is 3.86. The molecule has 0 radical (unpaired) electrons. The Labute approximate surface area is 140 Å². The van der Waals surface area contributed by atoms with E-state index in [1.807, 2.05) is 19.9 Å². The van der Waals surface area contributed by atoms with E-state index in [1.165, 1.54) is 18.2 Å². The van der Waals surface area contributed by atoms with Crippen LogP contribution in [0.25, 0.3) is 6.08 Å². The topological polar surface area (TPSA) is 47.6 Å². The second-order valence-corrected chi connectivity index (χ2v) is 5.38. The Morgan fingerprint density at radius 1 is 1.17 bits per heavy atom. The molecular formula is C19H20FNO3. The fourth-order valence-corrected chi connectivity index (χ4v) is 2.05. The van der Waals surface area contributed by atoms with E-state index >= 15 is 0 Å². The van der Waals surface area contributed by atoms with Crippen molar-refractivity contribution >= 4 is 17.7 Å². The predicted molar refractivity (Wildman–Crippen MR) is 92.8 cm³/mol. The highest BCUT2D eigenvalue weighted by Gasteiger charge is 2.07. The van der Waals surface area contributed by atoms with Gasteiger partial charge in [-0.25, -0.2) is 4.39 Å². The van der Waals surface area contributed by atoms with Crippen LogP contribution in [0, 0.1) is 5.82 Å². The minimum atomic E-state index is -0.476. The minimum absolute atomic E-state index is 0.0341. The van der Waals surface area contributed by atoms with Crippen LogP contribution < -0.4 is 14.8 Å². The van der Waals surface area contributed by atoms with Gasteiger partial charge in [-0.1, -0.05) is 18.2 Å². The van der Waals surface area contributed by atoms with Gasteiger partial charge in [-0.2, -0.15) is 0 Å². The van der Waals surface area contributed by atoms with Gasteiger partial charge >= 0.3 is 0 Å². The van der Waals surface area contributed by atoms with Crippen molar-refractivity contribution in [3.05, 3.63) is 59.9 Å². The van der Waals surface area contributed by atoms with Crippen molar-refractivity contribution in [1.29, 1.82) is 0 Å². The summed E-state index contributed by atoms with van der Waals surface area (Å²) in [7, 11) is 1.56. The molecule has 5 heteroatoms. The molecule has 2 rings (SSSR count). The molecule has 0 aliphatic heterocycles. The number of hydrogen-bond donors (Lipinski definition) is 1. The highest BCUT2D eigenvalue weighted by molar-refractivity contribution is 6.02. The molecule has 0 aromatic heterocycles. The molecular weight excluding hydrogens is 309 g/mol. The van der Waals surface area contributed by atoms with Gasteiger partial charge in [0, 0.05) is 6.08 Å². The molecule has 1 N–H and O–H groups in total. The van der Waals surface area contributed by atoms with E-state index in [2.05, 4.69) is 5.32 Å². The number of para-hydroxylation sites is 1. The van der Waals surface area contributed by atoms with E-state index in [4.69, 9.17) is 9.47 Å². The zero-order valence-electron chi connectivity index (χ0n) is 13.9. The molecule has 0 heterocycles. The van der Waals surface area contributed by atoms with Gasteiger partial charge in [-0.3, -0.25) is 4.79 Å². The summed E-state index contributed by atoms with van der Waals surface area (Å²) in [5.74, 6) is 0.332. The molecule has 4 nitrogen and oxygen atoms in total. The Morgan fingerprint density at radius 2 is 1.92 bits per heavy atom. The number of hydrogen-bond acceptors (Lipinski definition) is 3. The number of amides is 1. The van der Waals surface area contributed by atoms with E-state index < -0.39 is 11.7 Å². The number of ether oxygens (including phenoxy) is 2. The summed E-state index contributed by atoms with van der Waals surface area (Å²) in [6.07, 6.45) is 2.99. The van der Waals surface area contributed by atoms with Gasteiger partial charge in [0.2, 0.25) is 5.91 Å². The normalized spacial score (nSPS) is 10.9. The summed E-state index contributed by atoms with van der Waals surface area (Å²) in [5.41, 5.74) is 0.914. The average Bonchev–Trinajstić information content (AvgIpc) is 2.55. The van der Waals surface area contributed by atoms with Crippen molar-refractivity contribution in [2.24, 2.45) is 0 Å². The maximum absolute atomic E-state index is 13.5. The summed E-state index contributed by atoms with van der Waals surface area (Å²) in [6, 6.07) is 11.4. The van der Waals surface area contributed by atoms with Gasteiger partial charge in [0.1, 0.15) is 5.82 Å². The van der Waals surface area contributed by atoms with Gasteiger partial charge in [-0.15, -0.1) is 0 Å². The van der Waals surface area contributed by atoms with Crippen LogP contribution in [-0.4, -0.2) is 19.1 Å². The third kappa shape index (κ3) is 4.84. The number of carbonyl (C=O) groups excluding carboxylic acids is 1. The summed E-state index contributed by atoms with van der Waals surface area (Å²) < 4.78 is 24.4. The molecule has 1 amide bonds. The number of methoxy groups -OCH3 is 1. The molecule has 0 unspecified atom stereocenters. The van der Waals surface area contributed by atoms with E-state index in [-0.39, 0.29) is 11.8 Å². The maximum Gasteiger partial charge on any atom is 0.248 e. The molecule has 0 spiro atoms. The Kier molecular flexibility index (Phi) is 5.95. The number of nitrogens with one attached hydrogen (secondary N) is 1. The zero-order valence-corrected chi connectivity index (χ0v) is 13.9. The van der Waals surface area contributed by atoms with E-state index in [9.17, 15) is 9.18 Å². The van der Waals surface area contributed by atoms with Gasteiger partial charge in [-0.05, 0) is 49.8 Å². The van der Waals surface area contributed by atoms with Crippen molar-refractivity contribution in [3.8, 4) is 11.5 Å². The third-order valence-corrected chi connectivity index (χ3v) is 3.11. The van der Waals surface area contributed by atoms with Crippen LogP contribution in [0.4, 0.5) is 10.1 Å². The maximum atomic E-state index is 13.5. The van der Waals surface area contributed by atoms with Crippen LogP contribution in [0.2, 0.25) is 0 Å². The lowest BCUT2D eigenvalue weighted by atomic mass is 10.2. The summed E-state index contributed by atoms with van der Waals surface area (Å²) >= 11 is 0. The van der Waals surface area contributed by atoms with Crippen molar-refractivity contribution in [3.63, 3.8) is 0 Å². The fourth-order valence-electron chi connectivity index (χ4n) is 2.05. The number of rotatable bonds is 6. The average molecular weight is 329 g/mol. The molecule has 0 saturated carbocycles. The van der Waals surface area contributed by atoms with E-state index in [0.717, 1.165) is 5.56 Å². The van der Waals surface area contributed by atoms with E-state index in [0.29, 0.717) is 11.5 Å². The smallest absolute Gasteiger partial charge is 0.248 e. The van der Waals surface area contributed by atoms with Crippen LogP contribution in [0.15, 0.2) is 48.5 Å². The highest BCUT2D eigenvalue weighted by Crippen LogP contribution is 2.29. The zero-order chi connectivity index (χ0) is 17.5. The van der Waals surface area contributed by atoms with Crippen molar-refractivity contribution in [2.75, 3.05) is 12.4 Å². The summed E-state index contributed by atoms with van der Waals surface area (Å²) in [5, 5.41) is 2.49. The number of benzene rings is 2. The Balaban J connectivity index is 2.08. The Morgan fingerprint density at radius 3 is 2.58 bits per heavy atom. The molecule has 2 aromatic carbocycles. The molecule has 126 valence electrons. The van der Waals surface area contributed by atoms with Crippen molar-refractivity contribution in [2.45, 2.75) is 20.0 Å². The largest absolute Gasteiger partial charge is 0.493 e. The van der Waals surface area contributed by atoms with Crippen LogP contribution in [0.5, 0.6) is 11.5 Å². The lowest BCUT2D eigenvalue weighted by Gasteiger charge is -2.13. The lowest BCUT2D eigenvalue weighted by molar-refractivity contribution is -0.111. The van der Waals surface area contributed by atoms with Crippen LogP contribution in [0.1, 0.15) is 19.4 Å². The monoisotopic (exact) mass is 329 g/mol. The van der Waals surface area contributed by atoms with E-state index in [1.54, 1.807) is 37.5 Å². The standard InChI is InChI=1S/C19H20FNO3/c1-13(2)24-17-10-8-14(12-18(17)23-3)9-11-19(22)21-16-7-5-4-6-15(16)20/h4-13H,1-3H3,(H,21,22)/b11-9+. The SMILES string of the molecule is COc1cc(/C=C/C(=O)Nc2ccccc2F)ccc1OC(C)C. The first-order chi connectivity index (χ1) is 11.5. The molecule has 2 aromatic rings. The first-order valence-corrected chi connectivity index (χ1v) is 7.58. The number of halogens is 1. The number of carbonyl (C=O) groups is 1. The molecule has 0 bridgehead atoms. The first kappa shape index (κ1) is 17.5. The lowest BCUT2D eigenvalue weighted by Crippen LogP contribution is -2.09. The van der Waals surface area contributed by atoms with Crippen LogP contribution >= 0.6 is 0 Å². The van der Waals surface area contributed by atoms with Crippen LogP contribution in [0.3, 0.4) is 0 Å². The molecule has 0 aliphatic carbocycles. The molecule has 0 atom stereocenters. The van der Waals surface area contributed by atoms with Crippen molar-refractivity contribution < 1.29 is 18.7 Å². The third-order valence-electron chi connectivity index (χ3n) is 3.11. The summed E-state index contributed by atoms with van der Waals surface area (Å²) in [4.78, 5) is 11.9. The molecule has 0 fully saturated rings. The van der Waals surface area contributed by atoms with Gasteiger partial charge in [0.25, 0.3) is 0 Å². The first-order valence-electron chi connectivity index (χ1n) is 7.58. The van der Waals surface area contributed by atoms with Gasteiger partial charge in [0.05, 0.1) is 18.9 Å². The van der Waals surface area contributed by atoms with Crippen LogP contribution in [-0.2, 0) is 4.79 Å². The van der Waals surface area contributed by atoms with Crippen molar-refractivity contribution in [1.82, 2.24) is 0 Å². The number of anilines is 1. The molecule has 0 aliphatic rings. The fraction of sp³-hybridized carbons (Fsp3) is 0.211. The molecule has 24 heavy (non-hydrogen) atoms. The highest BCUT2D eigenvalue weighted by atomic mass is 19.1. The van der Waals surface area contributed by atoms with Gasteiger partial charge in [0.15, 0.2) is 11.5 Å². The second-order valence-electron chi connectivity index (χ2n) is 5.38. The Hall–Kier alpha value is -2.82. The predicted octanol–water partition coefficient (Wildman–Crippen LogP) is 4.27. The second kappa shape index (κ2) is 8.15. The minimum Gasteiger partial charge on any atom is -0.493 e. The quantitative estimate of drug-likeness (QED) is 0.805. The molecule has 0 saturated heterocycles.